The third-order valence-corrected chi connectivity index (χ3v) is 5.39. The first-order valence-electron chi connectivity index (χ1n) is 8.10. The predicted molar refractivity (Wildman–Crippen MR) is 99.6 cm³/mol. The molecule has 9 heteroatoms. The molecule has 0 saturated carbocycles. The molecular formula is C18H18N4O4S. The highest BCUT2D eigenvalue weighted by atomic mass is 32.2. The average molecular weight is 386 g/mol. The van der Waals surface area contributed by atoms with Gasteiger partial charge < -0.3 is 4.90 Å². The number of amides is 2. The first-order chi connectivity index (χ1) is 12.8. The molecule has 2 aromatic rings. The molecule has 2 amide bonds. The maximum absolute atomic E-state index is 12.1. The van der Waals surface area contributed by atoms with Crippen LogP contribution in [-0.2, 0) is 14.8 Å². The Morgan fingerprint density at radius 2 is 1.70 bits per heavy atom. The smallest absolute Gasteiger partial charge is 0.285 e. The first kappa shape index (κ1) is 18.6. The third-order valence-electron chi connectivity index (χ3n) is 4.06. The Balaban J connectivity index is 1.64. The van der Waals surface area contributed by atoms with Gasteiger partial charge in [0, 0.05) is 18.2 Å². The molecule has 3 rings (SSSR count). The summed E-state index contributed by atoms with van der Waals surface area (Å²) in [6, 6.07) is 13.4. The second kappa shape index (κ2) is 7.20. The summed E-state index contributed by atoms with van der Waals surface area (Å²) in [7, 11) is -2.20. The van der Waals surface area contributed by atoms with Gasteiger partial charge in [0.25, 0.3) is 21.8 Å². The van der Waals surface area contributed by atoms with Crippen molar-refractivity contribution < 1.29 is 18.0 Å². The van der Waals surface area contributed by atoms with Crippen molar-refractivity contribution in [1.29, 1.82) is 0 Å². The molecule has 0 unspecified atom stereocenters. The van der Waals surface area contributed by atoms with Crippen LogP contribution in [0.25, 0.3) is 0 Å². The fourth-order valence-electron chi connectivity index (χ4n) is 2.72. The van der Waals surface area contributed by atoms with E-state index in [0.717, 1.165) is 5.56 Å². The van der Waals surface area contributed by atoms with Gasteiger partial charge in [-0.15, -0.1) is 4.40 Å². The van der Waals surface area contributed by atoms with Crippen LogP contribution < -0.4 is 10.9 Å². The van der Waals surface area contributed by atoms with Crippen LogP contribution in [0.15, 0.2) is 57.8 Å². The lowest BCUT2D eigenvalue weighted by Gasteiger charge is -2.18. The number of sulfonamides is 1. The van der Waals surface area contributed by atoms with Crippen LogP contribution in [0.5, 0.6) is 0 Å². The Labute approximate surface area is 156 Å². The van der Waals surface area contributed by atoms with Crippen LogP contribution in [0.1, 0.15) is 21.5 Å². The molecule has 0 fully saturated rings. The summed E-state index contributed by atoms with van der Waals surface area (Å²) in [5, 5.41) is 0. The normalized spacial score (nSPS) is 14.1. The van der Waals surface area contributed by atoms with E-state index in [2.05, 4.69) is 15.2 Å². The molecular weight excluding hydrogens is 368 g/mol. The summed E-state index contributed by atoms with van der Waals surface area (Å²) in [5.74, 6) is -0.759. The molecule has 2 N–H and O–H groups in total. The van der Waals surface area contributed by atoms with Crippen molar-refractivity contribution in [3.8, 4) is 0 Å². The molecule has 2 aromatic carbocycles. The lowest BCUT2D eigenvalue weighted by atomic mass is 10.1. The van der Waals surface area contributed by atoms with Gasteiger partial charge in [-0.2, -0.15) is 8.42 Å². The van der Waals surface area contributed by atoms with Gasteiger partial charge in [0.1, 0.15) is 4.90 Å². The fourth-order valence-corrected chi connectivity index (χ4v) is 3.97. The highest BCUT2D eigenvalue weighted by molar-refractivity contribution is 7.90. The topological polar surface area (TPSA) is 108 Å². The van der Waals surface area contributed by atoms with Crippen molar-refractivity contribution in [3.63, 3.8) is 0 Å². The summed E-state index contributed by atoms with van der Waals surface area (Å²) < 4.78 is 27.9. The SMILES string of the molecule is Cc1ccccc1C(=O)NNC(=O)CN(C)C1=NS(=O)(=O)c2ccccc21. The summed E-state index contributed by atoms with van der Waals surface area (Å²) in [4.78, 5) is 25.8. The molecule has 27 heavy (non-hydrogen) atoms. The minimum absolute atomic E-state index is 0.111. The molecule has 0 spiro atoms. The molecule has 0 bridgehead atoms. The number of aryl methyl sites for hydroxylation is 1. The van der Waals surface area contributed by atoms with Crippen molar-refractivity contribution >= 4 is 27.7 Å². The van der Waals surface area contributed by atoms with Crippen LogP contribution in [0.2, 0.25) is 0 Å². The van der Waals surface area contributed by atoms with Crippen molar-refractivity contribution in [1.82, 2.24) is 15.8 Å². The second-order valence-electron chi connectivity index (χ2n) is 6.06. The van der Waals surface area contributed by atoms with E-state index in [1.54, 1.807) is 50.4 Å². The molecule has 0 saturated heterocycles. The maximum atomic E-state index is 12.1. The number of hydrazine groups is 1. The zero-order valence-corrected chi connectivity index (χ0v) is 15.6. The predicted octanol–water partition coefficient (Wildman–Crippen LogP) is 0.837. The Kier molecular flexibility index (Phi) is 4.95. The first-order valence-corrected chi connectivity index (χ1v) is 9.54. The van der Waals surface area contributed by atoms with Gasteiger partial charge in [0.05, 0.1) is 6.54 Å². The number of nitrogens with one attached hydrogen (secondary N) is 2. The largest absolute Gasteiger partial charge is 0.349 e. The van der Waals surface area contributed by atoms with E-state index >= 15 is 0 Å². The summed E-state index contributed by atoms with van der Waals surface area (Å²) in [6.07, 6.45) is 0. The van der Waals surface area contributed by atoms with Gasteiger partial charge in [-0.25, -0.2) is 0 Å². The molecule has 1 heterocycles. The molecule has 0 radical (unpaired) electrons. The maximum Gasteiger partial charge on any atom is 0.285 e. The number of amidine groups is 1. The number of hydrogen-bond acceptors (Lipinski definition) is 5. The van der Waals surface area contributed by atoms with Crippen molar-refractivity contribution in [2.24, 2.45) is 4.40 Å². The van der Waals surface area contributed by atoms with E-state index < -0.39 is 21.8 Å². The van der Waals surface area contributed by atoms with Gasteiger partial charge >= 0.3 is 0 Å². The Hall–Kier alpha value is -3.20. The molecule has 8 nitrogen and oxygen atoms in total. The van der Waals surface area contributed by atoms with Crippen molar-refractivity contribution in [2.75, 3.05) is 13.6 Å². The lowest BCUT2D eigenvalue weighted by molar-refractivity contribution is -0.122. The molecule has 0 aliphatic carbocycles. The number of fused-ring (bicyclic) bond motifs is 1. The number of likely N-dealkylation sites (N-methyl/N-ethyl adjacent to an activating group) is 1. The number of carbonyl (C=O) groups excluding carboxylic acids is 2. The van der Waals surface area contributed by atoms with Gasteiger partial charge in [0.15, 0.2) is 5.84 Å². The van der Waals surface area contributed by atoms with Crippen molar-refractivity contribution in [3.05, 3.63) is 65.2 Å². The Morgan fingerprint density at radius 3 is 2.44 bits per heavy atom. The quantitative estimate of drug-likeness (QED) is 0.760. The zero-order valence-electron chi connectivity index (χ0n) is 14.8. The van der Waals surface area contributed by atoms with Crippen molar-refractivity contribution in [2.45, 2.75) is 11.8 Å². The van der Waals surface area contributed by atoms with Gasteiger partial charge in [-0.3, -0.25) is 20.4 Å². The van der Waals surface area contributed by atoms with Gasteiger partial charge in [-0.05, 0) is 30.7 Å². The lowest BCUT2D eigenvalue weighted by Crippen LogP contribution is -2.46. The van der Waals surface area contributed by atoms with E-state index in [1.165, 1.54) is 11.0 Å². The standard InChI is InChI=1S/C18H18N4O4S/c1-12-7-3-4-8-13(12)18(24)20-19-16(23)11-22(2)17-14-9-5-6-10-15(14)27(25,26)21-17/h3-10H,11H2,1-2H3,(H,19,23)(H,20,24). The monoisotopic (exact) mass is 386 g/mol. The number of hydrogen-bond donors (Lipinski definition) is 2. The molecule has 0 aromatic heterocycles. The Morgan fingerprint density at radius 1 is 1.04 bits per heavy atom. The van der Waals surface area contributed by atoms with Crippen LogP contribution in [0, 0.1) is 6.92 Å². The van der Waals surface area contributed by atoms with E-state index in [0.29, 0.717) is 11.1 Å². The van der Waals surface area contributed by atoms with Gasteiger partial charge in [0.2, 0.25) is 0 Å². The number of carbonyl (C=O) groups is 2. The number of nitrogens with zero attached hydrogens (tertiary/aromatic N) is 2. The molecule has 0 atom stereocenters. The zero-order chi connectivity index (χ0) is 19.6. The van der Waals surface area contributed by atoms with E-state index in [9.17, 15) is 18.0 Å². The summed E-state index contributed by atoms with van der Waals surface area (Å²) in [6.45, 7) is 1.61. The minimum atomic E-state index is -3.76. The summed E-state index contributed by atoms with van der Waals surface area (Å²) >= 11 is 0. The van der Waals surface area contributed by atoms with Crippen LogP contribution >= 0.6 is 0 Å². The number of rotatable bonds is 3. The van der Waals surface area contributed by atoms with Crippen LogP contribution in [0.4, 0.5) is 0 Å². The third kappa shape index (κ3) is 3.82. The fraction of sp³-hybridized carbons (Fsp3) is 0.167. The van der Waals surface area contributed by atoms with E-state index in [-0.39, 0.29) is 17.3 Å². The highest BCUT2D eigenvalue weighted by Gasteiger charge is 2.30. The van der Waals surface area contributed by atoms with E-state index in [1.807, 2.05) is 6.07 Å². The molecule has 1 aliphatic rings. The van der Waals surface area contributed by atoms with Crippen LogP contribution in [0.3, 0.4) is 0 Å². The summed E-state index contributed by atoms with van der Waals surface area (Å²) in [5.41, 5.74) is 6.34. The second-order valence-corrected chi connectivity index (χ2v) is 7.63. The molecule has 1 aliphatic heterocycles. The molecule has 140 valence electrons. The average Bonchev–Trinajstić information content (AvgIpc) is 2.92. The van der Waals surface area contributed by atoms with E-state index in [4.69, 9.17) is 0 Å². The highest BCUT2D eigenvalue weighted by Crippen LogP contribution is 2.26. The number of benzene rings is 2. The Bertz CT molecular complexity index is 1050. The minimum Gasteiger partial charge on any atom is -0.349 e. The van der Waals surface area contributed by atoms with Gasteiger partial charge in [-0.1, -0.05) is 30.3 Å². The van der Waals surface area contributed by atoms with Crippen LogP contribution in [-0.4, -0.2) is 44.6 Å².